The number of fused-ring (bicyclic) bond motifs is 1. The van der Waals surface area contributed by atoms with Crippen molar-refractivity contribution in [3.8, 4) is 0 Å². The van der Waals surface area contributed by atoms with Gasteiger partial charge in [-0.3, -0.25) is 9.67 Å². The molecule has 0 radical (unpaired) electrons. The lowest BCUT2D eigenvalue weighted by Crippen LogP contribution is -2.38. The van der Waals surface area contributed by atoms with Crippen LogP contribution in [-0.2, 0) is 13.0 Å². The summed E-state index contributed by atoms with van der Waals surface area (Å²) in [6, 6.07) is 10.8. The van der Waals surface area contributed by atoms with Crippen LogP contribution >= 0.6 is 0 Å². The standard InChI is InChI=1S/C20H29N5/c1-4-21-20(22-10-7-11-25-16(3)12-15(2)24-25)23-14-18-13-17-8-5-6-9-19(17)18/h5-6,8-9,12,18H,4,7,10-11,13-14H2,1-3H3,(H2,21,22,23). The van der Waals surface area contributed by atoms with Gasteiger partial charge in [-0.2, -0.15) is 5.10 Å². The SMILES string of the molecule is CCNC(=NCC1Cc2ccccc21)NCCCn1nc(C)cc1C. The van der Waals surface area contributed by atoms with E-state index in [1.54, 1.807) is 0 Å². The lowest BCUT2D eigenvalue weighted by molar-refractivity contribution is 0.554. The quantitative estimate of drug-likeness (QED) is 0.463. The number of benzene rings is 1. The molecule has 2 N–H and O–H groups in total. The Labute approximate surface area is 150 Å². The minimum absolute atomic E-state index is 0.571. The first-order chi connectivity index (χ1) is 12.2. The van der Waals surface area contributed by atoms with E-state index < -0.39 is 0 Å². The van der Waals surface area contributed by atoms with Crippen molar-refractivity contribution in [2.24, 2.45) is 4.99 Å². The minimum atomic E-state index is 0.571. The van der Waals surface area contributed by atoms with Crippen molar-refractivity contribution in [2.45, 2.75) is 46.1 Å². The van der Waals surface area contributed by atoms with E-state index in [1.807, 2.05) is 6.92 Å². The summed E-state index contributed by atoms with van der Waals surface area (Å²) in [5.41, 5.74) is 5.25. The van der Waals surface area contributed by atoms with E-state index >= 15 is 0 Å². The number of hydrogen-bond donors (Lipinski definition) is 2. The van der Waals surface area contributed by atoms with E-state index in [0.717, 1.165) is 50.7 Å². The van der Waals surface area contributed by atoms with Gasteiger partial charge in [-0.1, -0.05) is 24.3 Å². The van der Waals surface area contributed by atoms with Crippen molar-refractivity contribution < 1.29 is 0 Å². The summed E-state index contributed by atoms with van der Waals surface area (Å²) < 4.78 is 2.08. The van der Waals surface area contributed by atoms with Crippen LogP contribution in [0.1, 0.15) is 41.8 Å². The predicted molar refractivity (Wildman–Crippen MR) is 103 cm³/mol. The average Bonchev–Trinajstić information content (AvgIpc) is 2.89. The largest absolute Gasteiger partial charge is 0.357 e. The molecule has 0 amide bonds. The maximum atomic E-state index is 4.77. The van der Waals surface area contributed by atoms with Crippen LogP contribution in [0.2, 0.25) is 0 Å². The second-order valence-corrected chi connectivity index (χ2v) is 6.75. The van der Waals surface area contributed by atoms with Gasteiger partial charge in [0.1, 0.15) is 0 Å². The van der Waals surface area contributed by atoms with Gasteiger partial charge in [-0.25, -0.2) is 0 Å². The molecule has 0 aliphatic heterocycles. The summed E-state index contributed by atoms with van der Waals surface area (Å²) in [6.07, 6.45) is 2.18. The van der Waals surface area contributed by atoms with Crippen LogP contribution in [0.15, 0.2) is 35.3 Å². The number of rotatable bonds is 7. The lowest BCUT2D eigenvalue weighted by Gasteiger charge is -2.28. The molecule has 2 aromatic rings. The molecule has 5 nitrogen and oxygen atoms in total. The third kappa shape index (κ3) is 4.41. The maximum Gasteiger partial charge on any atom is 0.191 e. The molecule has 1 atom stereocenters. The highest BCUT2D eigenvalue weighted by Gasteiger charge is 2.24. The monoisotopic (exact) mass is 339 g/mol. The molecule has 134 valence electrons. The summed E-state index contributed by atoms with van der Waals surface area (Å²) in [6.45, 7) is 9.80. The van der Waals surface area contributed by atoms with E-state index in [1.165, 1.54) is 16.8 Å². The predicted octanol–water partition coefficient (Wildman–Crippen LogP) is 2.79. The smallest absolute Gasteiger partial charge is 0.191 e. The molecule has 1 aromatic carbocycles. The summed E-state index contributed by atoms with van der Waals surface area (Å²) >= 11 is 0. The Bertz CT molecular complexity index is 731. The van der Waals surface area contributed by atoms with E-state index in [0.29, 0.717) is 5.92 Å². The van der Waals surface area contributed by atoms with Crippen molar-refractivity contribution in [1.82, 2.24) is 20.4 Å². The summed E-state index contributed by atoms with van der Waals surface area (Å²) in [5.74, 6) is 1.49. The third-order valence-corrected chi connectivity index (χ3v) is 4.72. The van der Waals surface area contributed by atoms with Crippen LogP contribution < -0.4 is 10.6 Å². The Hall–Kier alpha value is -2.30. The first-order valence-corrected chi connectivity index (χ1v) is 9.28. The van der Waals surface area contributed by atoms with Gasteiger partial charge < -0.3 is 10.6 Å². The van der Waals surface area contributed by atoms with Crippen LogP contribution in [0.3, 0.4) is 0 Å². The molecule has 1 heterocycles. The van der Waals surface area contributed by atoms with Gasteiger partial charge in [0.2, 0.25) is 0 Å². The van der Waals surface area contributed by atoms with Gasteiger partial charge in [-0.05, 0) is 50.8 Å². The first-order valence-electron chi connectivity index (χ1n) is 9.28. The number of nitrogens with one attached hydrogen (secondary N) is 2. The Morgan fingerprint density at radius 1 is 1.28 bits per heavy atom. The van der Waals surface area contributed by atoms with E-state index in [-0.39, 0.29) is 0 Å². The fraction of sp³-hybridized carbons (Fsp3) is 0.500. The lowest BCUT2D eigenvalue weighted by atomic mass is 9.78. The topological polar surface area (TPSA) is 54.2 Å². The molecule has 3 rings (SSSR count). The molecule has 5 heteroatoms. The molecular formula is C20H29N5. The van der Waals surface area contributed by atoms with Crippen molar-refractivity contribution in [3.63, 3.8) is 0 Å². The molecule has 0 fully saturated rings. The second kappa shape index (κ2) is 8.19. The number of nitrogens with zero attached hydrogens (tertiary/aromatic N) is 3. The zero-order valence-electron chi connectivity index (χ0n) is 15.5. The molecule has 25 heavy (non-hydrogen) atoms. The third-order valence-electron chi connectivity index (χ3n) is 4.72. The van der Waals surface area contributed by atoms with E-state index in [9.17, 15) is 0 Å². The molecule has 1 aliphatic carbocycles. The molecule has 1 unspecified atom stereocenters. The van der Waals surface area contributed by atoms with Gasteiger partial charge in [0.05, 0.1) is 5.69 Å². The van der Waals surface area contributed by atoms with Crippen LogP contribution in [0.5, 0.6) is 0 Å². The number of guanidine groups is 1. The fourth-order valence-corrected chi connectivity index (χ4v) is 3.41. The van der Waals surface area contributed by atoms with Gasteiger partial charge in [0.25, 0.3) is 0 Å². The fourth-order valence-electron chi connectivity index (χ4n) is 3.41. The van der Waals surface area contributed by atoms with E-state index in [2.05, 4.69) is 64.6 Å². The van der Waals surface area contributed by atoms with Crippen molar-refractivity contribution in [2.75, 3.05) is 19.6 Å². The zero-order chi connectivity index (χ0) is 17.6. The van der Waals surface area contributed by atoms with E-state index in [4.69, 9.17) is 4.99 Å². The Morgan fingerprint density at radius 3 is 2.84 bits per heavy atom. The second-order valence-electron chi connectivity index (χ2n) is 6.75. The average molecular weight is 339 g/mol. The Morgan fingerprint density at radius 2 is 2.12 bits per heavy atom. The maximum absolute atomic E-state index is 4.77. The van der Waals surface area contributed by atoms with Crippen molar-refractivity contribution in [3.05, 3.63) is 52.8 Å². The highest BCUT2D eigenvalue weighted by atomic mass is 15.3. The highest BCUT2D eigenvalue weighted by Crippen LogP contribution is 2.34. The van der Waals surface area contributed by atoms with Crippen LogP contribution in [0.4, 0.5) is 0 Å². The van der Waals surface area contributed by atoms with Crippen molar-refractivity contribution >= 4 is 5.96 Å². The Balaban J connectivity index is 1.45. The van der Waals surface area contributed by atoms with Gasteiger partial charge in [0.15, 0.2) is 5.96 Å². The van der Waals surface area contributed by atoms with Gasteiger partial charge in [-0.15, -0.1) is 0 Å². The molecule has 0 spiro atoms. The van der Waals surface area contributed by atoms with Crippen LogP contribution in [0.25, 0.3) is 0 Å². The van der Waals surface area contributed by atoms with Crippen LogP contribution in [-0.4, -0.2) is 35.4 Å². The summed E-state index contributed by atoms with van der Waals surface area (Å²) in [5, 5.41) is 11.3. The molecule has 0 saturated carbocycles. The number of aromatic nitrogens is 2. The number of aryl methyl sites for hydroxylation is 3. The molecule has 0 bridgehead atoms. The molecule has 0 saturated heterocycles. The molecule has 1 aliphatic rings. The zero-order valence-corrected chi connectivity index (χ0v) is 15.5. The molecule has 1 aromatic heterocycles. The number of hydrogen-bond acceptors (Lipinski definition) is 2. The van der Waals surface area contributed by atoms with Gasteiger partial charge >= 0.3 is 0 Å². The minimum Gasteiger partial charge on any atom is -0.357 e. The van der Waals surface area contributed by atoms with Gasteiger partial charge in [0, 0.05) is 37.8 Å². The number of aliphatic imine (C=N–C) groups is 1. The van der Waals surface area contributed by atoms with Crippen LogP contribution in [0, 0.1) is 13.8 Å². The normalized spacial score (nSPS) is 16.3. The first kappa shape index (κ1) is 17.5. The Kier molecular flexibility index (Phi) is 5.74. The summed E-state index contributed by atoms with van der Waals surface area (Å²) in [7, 11) is 0. The molecular weight excluding hydrogens is 310 g/mol. The highest BCUT2D eigenvalue weighted by molar-refractivity contribution is 5.79. The summed E-state index contributed by atoms with van der Waals surface area (Å²) in [4.78, 5) is 4.77. The van der Waals surface area contributed by atoms with Crippen molar-refractivity contribution in [1.29, 1.82) is 0 Å².